The predicted molar refractivity (Wildman–Crippen MR) is 93.4 cm³/mol. The zero-order valence-corrected chi connectivity index (χ0v) is 14.9. The van der Waals surface area contributed by atoms with E-state index in [0.29, 0.717) is 12.1 Å². The van der Waals surface area contributed by atoms with Gasteiger partial charge in [-0.3, -0.25) is 0 Å². The highest BCUT2D eigenvalue weighted by molar-refractivity contribution is 14.1. The Morgan fingerprint density at radius 2 is 2.35 bits per heavy atom. The molecule has 0 radical (unpaired) electrons. The molecule has 0 spiro atoms. The lowest BCUT2D eigenvalue weighted by molar-refractivity contribution is 0.101. The number of hydrogen-bond acceptors (Lipinski definition) is 2. The first kappa shape index (κ1) is 16.5. The van der Waals surface area contributed by atoms with E-state index in [9.17, 15) is 0 Å². The molecule has 1 aliphatic rings. The summed E-state index contributed by atoms with van der Waals surface area (Å²) in [6.45, 7) is 4.09. The van der Waals surface area contributed by atoms with E-state index >= 15 is 0 Å². The first-order valence-electron chi connectivity index (χ1n) is 7.50. The fourth-order valence-corrected chi connectivity index (χ4v) is 3.31. The van der Waals surface area contributed by atoms with Crippen LogP contribution >= 0.6 is 34.2 Å². The minimum Gasteiger partial charge on any atom is -0.378 e. The van der Waals surface area contributed by atoms with E-state index in [4.69, 9.17) is 16.3 Å². The zero-order chi connectivity index (χ0) is 14.4. The largest absolute Gasteiger partial charge is 0.378 e. The molecule has 2 nitrogen and oxygen atoms in total. The second-order valence-electron chi connectivity index (χ2n) is 5.35. The van der Waals surface area contributed by atoms with Gasteiger partial charge >= 0.3 is 0 Å². The van der Waals surface area contributed by atoms with Crippen molar-refractivity contribution in [2.45, 2.75) is 51.2 Å². The highest BCUT2D eigenvalue weighted by Gasteiger charge is 2.17. The summed E-state index contributed by atoms with van der Waals surface area (Å²) < 4.78 is 6.81. The van der Waals surface area contributed by atoms with Gasteiger partial charge in [-0.25, -0.2) is 0 Å². The quantitative estimate of drug-likeness (QED) is 0.646. The van der Waals surface area contributed by atoms with Crippen LogP contribution in [-0.2, 0) is 4.74 Å². The number of rotatable bonds is 7. The van der Waals surface area contributed by atoms with Crippen molar-refractivity contribution in [3.05, 3.63) is 32.4 Å². The van der Waals surface area contributed by atoms with Gasteiger partial charge in [-0.15, -0.1) is 0 Å². The molecular weight excluding hydrogens is 385 g/mol. The monoisotopic (exact) mass is 407 g/mol. The number of benzene rings is 1. The van der Waals surface area contributed by atoms with Crippen molar-refractivity contribution in [2.75, 3.05) is 13.2 Å². The van der Waals surface area contributed by atoms with Gasteiger partial charge in [-0.1, -0.05) is 24.6 Å². The van der Waals surface area contributed by atoms with E-state index in [-0.39, 0.29) is 0 Å². The Hall–Kier alpha value is 0.160. The molecule has 20 heavy (non-hydrogen) atoms. The van der Waals surface area contributed by atoms with E-state index in [2.05, 4.69) is 53.0 Å². The maximum atomic E-state index is 6.24. The van der Waals surface area contributed by atoms with Crippen molar-refractivity contribution in [2.24, 2.45) is 0 Å². The third kappa shape index (κ3) is 4.86. The highest BCUT2D eigenvalue weighted by atomic mass is 127. The van der Waals surface area contributed by atoms with Crippen molar-refractivity contribution >= 4 is 34.2 Å². The molecule has 2 atom stereocenters. The molecule has 0 amide bonds. The van der Waals surface area contributed by atoms with Crippen molar-refractivity contribution in [3.63, 3.8) is 0 Å². The molecular formula is C16H23ClINO. The molecule has 1 aromatic rings. The molecule has 4 heteroatoms. The van der Waals surface area contributed by atoms with Gasteiger partial charge in [0, 0.05) is 16.2 Å². The summed E-state index contributed by atoms with van der Waals surface area (Å²) >= 11 is 8.51. The van der Waals surface area contributed by atoms with Crippen LogP contribution in [0, 0.1) is 3.57 Å². The van der Waals surface area contributed by atoms with Gasteiger partial charge < -0.3 is 10.1 Å². The lowest BCUT2D eigenvalue weighted by Crippen LogP contribution is -2.21. The summed E-state index contributed by atoms with van der Waals surface area (Å²) in [7, 11) is 0. The molecule has 1 aliphatic heterocycles. The van der Waals surface area contributed by atoms with Crippen LogP contribution in [0.5, 0.6) is 0 Å². The fraction of sp³-hybridized carbons (Fsp3) is 0.625. The molecule has 1 heterocycles. The van der Waals surface area contributed by atoms with E-state index < -0.39 is 0 Å². The molecule has 112 valence electrons. The second kappa shape index (κ2) is 8.57. The van der Waals surface area contributed by atoms with Crippen LogP contribution in [0.25, 0.3) is 0 Å². The average molecular weight is 408 g/mol. The number of hydrogen-bond donors (Lipinski definition) is 1. The van der Waals surface area contributed by atoms with Crippen LogP contribution in [-0.4, -0.2) is 19.3 Å². The Bertz CT molecular complexity index is 421. The summed E-state index contributed by atoms with van der Waals surface area (Å²) in [5, 5.41) is 4.42. The normalized spacial score (nSPS) is 20.2. The van der Waals surface area contributed by atoms with E-state index in [1.54, 1.807) is 0 Å². The summed E-state index contributed by atoms with van der Waals surface area (Å²) in [6.07, 6.45) is 6.49. The molecule has 0 bridgehead atoms. The molecule has 0 saturated carbocycles. The van der Waals surface area contributed by atoms with Gasteiger partial charge in [-0.05, 0) is 78.9 Å². The van der Waals surface area contributed by atoms with Crippen LogP contribution in [0.15, 0.2) is 18.2 Å². The topological polar surface area (TPSA) is 21.3 Å². The molecule has 0 aromatic heterocycles. The SMILES string of the molecule is CCNC(CCCC1CCCO1)c1ccc(I)c(Cl)c1. The van der Waals surface area contributed by atoms with Gasteiger partial charge in [0.1, 0.15) is 0 Å². The molecule has 1 fully saturated rings. The Morgan fingerprint density at radius 1 is 1.50 bits per heavy atom. The third-order valence-electron chi connectivity index (χ3n) is 3.84. The molecule has 1 aromatic carbocycles. The molecule has 0 aliphatic carbocycles. The molecule has 2 rings (SSSR count). The standard InChI is InChI=1S/C16H23ClINO/c1-2-19-16(7-3-5-13-6-4-10-20-13)12-8-9-15(18)14(17)11-12/h8-9,11,13,16,19H,2-7,10H2,1H3. The van der Waals surface area contributed by atoms with E-state index in [1.807, 2.05) is 0 Å². The van der Waals surface area contributed by atoms with Crippen LogP contribution in [0.2, 0.25) is 5.02 Å². The summed E-state index contributed by atoms with van der Waals surface area (Å²) in [5.41, 5.74) is 1.30. The average Bonchev–Trinajstić information content (AvgIpc) is 2.94. The summed E-state index contributed by atoms with van der Waals surface area (Å²) in [6, 6.07) is 6.79. The molecule has 1 saturated heterocycles. The minimum absolute atomic E-state index is 0.399. The first-order chi connectivity index (χ1) is 9.70. The maximum absolute atomic E-state index is 6.24. The minimum atomic E-state index is 0.399. The van der Waals surface area contributed by atoms with Gasteiger partial charge in [0.15, 0.2) is 0 Å². The Balaban J connectivity index is 1.89. The lowest BCUT2D eigenvalue weighted by atomic mass is 9.99. The van der Waals surface area contributed by atoms with Crippen molar-refractivity contribution in [1.82, 2.24) is 5.32 Å². The van der Waals surface area contributed by atoms with Crippen molar-refractivity contribution in [3.8, 4) is 0 Å². The van der Waals surface area contributed by atoms with Gasteiger partial charge in [0.05, 0.1) is 11.1 Å². The second-order valence-corrected chi connectivity index (χ2v) is 6.92. The highest BCUT2D eigenvalue weighted by Crippen LogP contribution is 2.27. The number of nitrogens with one attached hydrogen (secondary N) is 1. The van der Waals surface area contributed by atoms with Gasteiger partial charge in [-0.2, -0.15) is 0 Å². The van der Waals surface area contributed by atoms with Crippen LogP contribution in [0.4, 0.5) is 0 Å². The smallest absolute Gasteiger partial charge is 0.0576 e. The molecule has 2 unspecified atom stereocenters. The van der Waals surface area contributed by atoms with E-state index in [0.717, 1.165) is 28.2 Å². The number of halogens is 2. The fourth-order valence-electron chi connectivity index (χ4n) is 2.78. The number of ether oxygens (including phenoxy) is 1. The predicted octanol–water partition coefficient (Wildman–Crippen LogP) is 4.94. The van der Waals surface area contributed by atoms with Gasteiger partial charge in [0.2, 0.25) is 0 Å². The Labute approximate surface area is 140 Å². The zero-order valence-electron chi connectivity index (χ0n) is 12.0. The van der Waals surface area contributed by atoms with Crippen molar-refractivity contribution < 1.29 is 4.74 Å². The summed E-state index contributed by atoms with van der Waals surface area (Å²) in [5.74, 6) is 0. The maximum Gasteiger partial charge on any atom is 0.0576 e. The van der Waals surface area contributed by atoms with Gasteiger partial charge in [0.25, 0.3) is 0 Å². The third-order valence-corrected chi connectivity index (χ3v) is 5.41. The van der Waals surface area contributed by atoms with Crippen LogP contribution < -0.4 is 5.32 Å². The van der Waals surface area contributed by atoms with Crippen LogP contribution in [0.1, 0.15) is 50.6 Å². The lowest BCUT2D eigenvalue weighted by Gasteiger charge is -2.20. The summed E-state index contributed by atoms with van der Waals surface area (Å²) in [4.78, 5) is 0. The van der Waals surface area contributed by atoms with E-state index in [1.165, 1.54) is 31.2 Å². The first-order valence-corrected chi connectivity index (χ1v) is 8.96. The Kier molecular flexibility index (Phi) is 7.08. The Morgan fingerprint density at radius 3 is 3.00 bits per heavy atom. The molecule has 1 N–H and O–H groups in total. The van der Waals surface area contributed by atoms with Crippen LogP contribution in [0.3, 0.4) is 0 Å². The van der Waals surface area contributed by atoms with Crippen molar-refractivity contribution in [1.29, 1.82) is 0 Å².